The van der Waals surface area contributed by atoms with E-state index < -0.39 is 39.9 Å². The fourth-order valence-corrected chi connectivity index (χ4v) is 7.98. The molecule has 1 aliphatic rings. The first-order valence-corrected chi connectivity index (χ1v) is 18.4. The number of rotatable bonds is 12. The minimum atomic E-state index is -3.58. The van der Waals surface area contributed by atoms with Crippen molar-refractivity contribution in [2.24, 2.45) is 0 Å². The maximum atomic E-state index is 14.1. The van der Waals surface area contributed by atoms with E-state index in [1.807, 2.05) is 115 Å². The van der Waals surface area contributed by atoms with Gasteiger partial charge in [0.05, 0.1) is 30.0 Å². The van der Waals surface area contributed by atoms with E-state index in [-0.39, 0.29) is 16.8 Å². The summed E-state index contributed by atoms with van der Waals surface area (Å²) in [6, 6.07) is 38.6. The van der Waals surface area contributed by atoms with Gasteiger partial charge in [-0.2, -0.15) is 0 Å². The van der Waals surface area contributed by atoms with Gasteiger partial charge in [0.15, 0.2) is 9.84 Å². The molecular formula is C40H41N3O6S. The smallest absolute Gasteiger partial charge is 0.407 e. The van der Waals surface area contributed by atoms with Gasteiger partial charge in [-0.3, -0.25) is 4.79 Å². The van der Waals surface area contributed by atoms with Gasteiger partial charge in [-0.1, -0.05) is 109 Å². The highest BCUT2D eigenvalue weighted by atomic mass is 32.2. The van der Waals surface area contributed by atoms with Gasteiger partial charge in [-0.05, 0) is 58.5 Å². The minimum absolute atomic E-state index is 0.125. The molecule has 1 saturated heterocycles. The summed E-state index contributed by atoms with van der Waals surface area (Å²) in [5, 5.41) is 11.1. The van der Waals surface area contributed by atoms with Crippen LogP contribution in [0.1, 0.15) is 29.0 Å². The lowest BCUT2D eigenvalue weighted by molar-refractivity contribution is -0.118. The van der Waals surface area contributed by atoms with Crippen LogP contribution in [0, 0.1) is 0 Å². The van der Waals surface area contributed by atoms with Crippen molar-refractivity contribution in [1.29, 1.82) is 0 Å². The second-order valence-electron chi connectivity index (χ2n) is 12.4. The summed E-state index contributed by atoms with van der Waals surface area (Å²) in [6.07, 6.45) is -0.262. The van der Waals surface area contributed by atoms with Gasteiger partial charge in [0.2, 0.25) is 5.91 Å². The van der Waals surface area contributed by atoms with E-state index in [0.29, 0.717) is 31.6 Å². The number of carbonyl (C=O) groups excluding carboxylic acids is 2. The zero-order chi connectivity index (χ0) is 34.9. The predicted octanol–water partition coefficient (Wildman–Crippen LogP) is 6.10. The van der Waals surface area contributed by atoms with Gasteiger partial charge in [-0.25, -0.2) is 13.2 Å². The molecule has 1 fully saturated rings. The maximum Gasteiger partial charge on any atom is 0.407 e. The highest BCUT2D eigenvalue weighted by Gasteiger charge is 2.33. The Balaban J connectivity index is 1.14. The molecule has 9 nitrogen and oxygen atoms in total. The molecule has 1 aliphatic heterocycles. The van der Waals surface area contributed by atoms with Crippen molar-refractivity contribution < 1.29 is 27.5 Å². The number of alkyl carbamates (subject to hydrolysis) is 1. The van der Waals surface area contributed by atoms with Crippen LogP contribution in [0.3, 0.4) is 0 Å². The van der Waals surface area contributed by atoms with Crippen LogP contribution < -0.4 is 16.0 Å². The Labute approximate surface area is 292 Å². The van der Waals surface area contributed by atoms with E-state index in [1.165, 1.54) is 7.11 Å². The van der Waals surface area contributed by atoms with Gasteiger partial charge in [-0.15, -0.1) is 0 Å². The molecule has 258 valence electrons. The van der Waals surface area contributed by atoms with Crippen LogP contribution in [0.25, 0.3) is 10.8 Å². The Morgan fingerprint density at radius 2 is 1.42 bits per heavy atom. The van der Waals surface area contributed by atoms with Gasteiger partial charge in [0.1, 0.15) is 6.04 Å². The molecule has 0 radical (unpaired) electrons. The van der Waals surface area contributed by atoms with E-state index >= 15 is 0 Å². The Kier molecular flexibility index (Phi) is 11.2. The summed E-state index contributed by atoms with van der Waals surface area (Å²) in [6.45, 7) is 1.02. The topological polar surface area (TPSA) is 123 Å². The highest BCUT2D eigenvalue weighted by Crippen LogP contribution is 2.30. The average Bonchev–Trinajstić information content (AvgIpc) is 3.14. The molecule has 2 amide bonds. The third-order valence-electron chi connectivity index (χ3n) is 9.02. The molecular weight excluding hydrogens is 651 g/mol. The van der Waals surface area contributed by atoms with Crippen molar-refractivity contribution in [3.05, 3.63) is 144 Å². The van der Waals surface area contributed by atoms with Crippen molar-refractivity contribution >= 4 is 38.3 Å². The number of sulfone groups is 1. The molecule has 6 rings (SSSR count). The molecule has 0 saturated carbocycles. The van der Waals surface area contributed by atoms with E-state index in [9.17, 15) is 18.0 Å². The molecule has 5 aromatic carbocycles. The number of morpholine rings is 1. The molecule has 3 atom stereocenters. The first-order chi connectivity index (χ1) is 24.3. The summed E-state index contributed by atoms with van der Waals surface area (Å²) >= 11 is 0. The van der Waals surface area contributed by atoms with Gasteiger partial charge in [0.25, 0.3) is 0 Å². The largest absolute Gasteiger partial charge is 0.453 e. The minimum Gasteiger partial charge on any atom is -0.453 e. The van der Waals surface area contributed by atoms with Crippen LogP contribution in [0.15, 0.2) is 132 Å². The SMILES string of the molecule is COC(=O)NC(C(=O)Nc1ccccc1CCC1CNC[C@@H](CS(=O)(=O)c2ccc3ccccc3c2)O1)C(c1ccccc1)c1ccccc1. The second-order valence-corrected chi connectivity index (χ2v) is 14.5. The first-order valence-electron chi connectivity index (χ1n) is 16.7. The molecule has 0 aromatic heterocycles. The molecule has 50 heavy (non-hydrogen) atoms. The third kappa shape index (κ3) is 8.57. The number of ether oxygens (including phenoxy) is 2. The van der Waals surface area contributed by atoms with E-state index in [4.69, 9.17) is 9.47 Å². The number of hydrogen-bond acceptors (Lipinski definition) is 7. The second kappa shape index (κ2) is 16.1. The number of para-hydroxylation sites is 1. The van der Waals surface area contributed by atoms with Gasteiger partial charge < -0.3 is 25.4 Å². The summed E-state index contributed by atoms with van der Waals surface area (Å²) in [4.78, 5) is 27.0. The number of methoxy groups -OCH3 is 1. The van der Waals surface area contributed by atoms with Crippen LogP contribution in [-0.4, -0.2) is 64.6 Å². The number of hydrogen-bond donors (Lipinski definition) is 3. The molecule has 0 bridgehead atoms. The predicted molar refractivity (Wildman–Crippen MR) is 195 cm³/mol. The van der Waals surface area contributed by atoms with Crippen LogP contribution in [0.4, 0.5) is 10.5 Å². The van der Waals surface area contributed by atoms with Gasteiger partial charge in [0, 0.05) is 24.7 Å². The number of fused-ring (bicyclic) bond motifs is 1. The lowest BCUT2D eigenvalue weighted by Crippen LogP contribution is -2.48. The van der Waals surface area contributed by atoms with Crippen molar-refractivity contribution in [2.75, 3.05) is 31.3 Å². The maximum absolute atomic E-state index is 14.1. The van der Waals surface area contributed by atoms with Crippen LogP contribution >= 0.6 is 0 Å². The van der Waals surface area contributed by atoms with Crippen LogP contribution in [0.2, 0.25) is 0 Å². The van der Waals surface area contributed by atoms with E-state index in [1.54, 1.807) is 12.1 Å². The number of benzene rings is 5. The molecule has 2 unspecified atom stereocenters. The number of nitrogens with one attached hydrogen (secondary N) is 3. The quantitative estimate of drug-likeness (QED) is 0.145. The summed E-state index contributed by atoms with van der Waals surface area (Å²) < 4.78 is 38.0. The monoisotopic (exact) mass is 691 g/mol. The summed E-state index contributed by atoms with van der Waals surface area (Å²) in [5.74, 6) is -1.01. The highest BCUT2D eigenvalue weighted by molar-refractivity contribution is 7.91. The summed E-state index contributed by atoms with van der Waals surface area (Å²) in [5.41, 5.74) is 3.24. The Morgan fingerprint density at radius 3 is 2.12 bits per heavy atom. The van der Waals surface area contributed by atoms with Crippen molar-refractivity contribution in [1.82, 2.24) is 10.6 Å². The lowest BCUT2D eigenvalue weighted by Gasteiger charge is -2.31. The number of aryl methyl sites for hydroxylation is 1. The Hall–Kier alpha value is -5.03. The first kappa shape index (κ1) is 34.8. The molecule has 0 aliphatic carbocycles. The lowest BCUT2D eigenvalue weighted by atomic mass is 9.84. The van der Waals surface area contributed by atoms with Crippen molar-refractivity contribution in [2.45, 2.75) is 41.9 Å². The zero-order valence-electron chi connectivity index (χ0n) is 27.8. The number of amides is 2. The number of carbonyl (C=O) groups is 2. The fourth-order valence-electron chi connectivity index (χ4n) is 6.52. The van der Waals surface area contributed by atoms with E-state index in [0.717, 1.165) is 27.5 Å². The summed E-state index contributed by atoms with van der Waals surface area (Å²) in [7, 11) is -2.31. The molecule has 0 spiro atoms. The molecule has 3 N–H and O–H groups in total. The number of anilines is 1. The normalized spacial score (nSPS) is 16.8. The third-order valence-corrected chi connectivity index (χ3v) is 10.8. The molecule has 10 heteroatoms. The molecule has 1 heterocycles. The Morgan fingerprint density at radius 1 is 0.800 bits per heavy atom. The average molecular weight is 692 g/mol. The zero-order valence-corrected chi connectivity index (χ0v) is 28.6. The fraction of sp³-hybridized carbons (Fsp3) is 0.250. The van der Waals surface area contributed by atoms with Crippen LogP contribution in [-0.2, 0) is 30.5 Å². The van der Waals surface area contributed by atoms with Crippen LogP contribution in [0.5, 0.6) is 0 Å². The van der Waals surface area contributed by atoms with Gasteiger partial charge >= 0.3 is 6.09 Å². The molecule has 5 aromatic rings. The Bertz CT molecular complexity index is 1980. The van der Waals surface area contributed by atoms with Crippen molar-refractivity contribution in [3.8, 4) is 0 Å². The van der Waals surface area contributed by atoms with Crippen molar-refractivity contribution in [3.63, 3.8) is 0 Å². The standard InChI is InChI=1S/C40H41N3O6S/c1-48-40(45)43-38(37(30-14-4-2-5-15-30)31-16-6-3-7-17-31)39(44)42-36-19-11-10-13-29(36)20-22-33-25-41-26-34(49-33)27-50(46,47)35-23-21-28-12-8-9-18-32(28)24-35/h2-19,21,23-24,33-34,37-38,41H,20,22,25-27H2,1H3,(H,42,44)(H,43,45)/t33?,34-,38?/m0/s1. The van der Waals surface area contributed by atoms with E-state index in [2.05, 4.69) is 16.0 Å².